The standard InChI is InChI=1S/C28H33N3O7/c1-5-29-26(34)24-23(25(38-30-24)20-14-19(16(2)3)21(32)15-22(20)33)17-6-8-18(9-7-17)28(4,27(35)36)31-10-12-37-13-11-31/h6-9,14-16,32-33H,5,10-13H2,1-4H3,(H,29,34)(H,35,36). The van der Waals surface area contributed by atoms with Crippen molar-refractivity contribution in [3.63, 3.8) is 0 Å². The maximum absolute atomic E-state index is 12.9. The number of nitrogens with zero attached hydrogens (tertiary/aromatic N) is 2. The van der Waals surface area contributed by atoms with Gasteiger partial charge in [-0.2, -0.15) is 0 Å². The zero-order chi connectivity index (χ0) is 27.6. The lowest BCUT2D eigenvalue weighted by atomic mass is 9.87. The van der Waals surface area contributed by atoms with Gasteiger partial charge in [-0.05, 0) is 42.5 Å². The van der Waals surface area contributed by atoms with Crippen molar-refractivity contribution in [2.24, 2.45) is 0 Å². The van der Waals surface area contributed by atoms with Gasteiger partial charge in [0.1, 0.15) is 17.0 Å². The molecule has 10 heteroatoms. The number of hydrogen-bond donors (Lipinski definition) is 4. The maximum atomic E-state index is 12.9. The van der Waals surface area contributed by atoms with E-state index in [-0.39, 0.29) is 34.4 Å². The van der Waals surface area contributed by atoms with Crippen LogP contribution in [0.1, 0.15) is 55.2 Å². The van der Waals surface area contributed by atoms with Gasteiger partial charge in [0.05, 0.1) is 24.3 Å². The summed E-state index contributed by atoms with van der Waals surface area (Å²) in [6.07, 6.45) is 0. The van der Waals surface area contributed by atoms with Gasteiger partial charge in [-0.1, -0.05) is 43.3 Å². The second-order valence-electron chi connectivity index (χ2n) is 9.73. The van der Waals surface area contributed by atoms with E-state index >= 15 is 0 Å². The fourth-order valence-corrected chi connectivity index (χ4v) is 4.79. The Kier molecular flexibility index (Phi) is 7.75. The lowest BCUT2D eigenvalue weighted by molar-refractivity contribution is -0.154. The van der Waals surface area contributed by atoms with Gasteiger partial charge in [-0.15, -0.1) is 0 Å². The Bertz CT molecular complexity index is 1330. The van der Waals surface area contributed by atoms with Crippen LogP contribution in [0.25, 0.3) is 22.5 Å². The number of aromatic hydroxyl groups is 2. The molecule has 1 aliphatic rings. The first-order valence-electron chi connectivity index (χ1n) is 12.6. The second kappa shape index (κ2) is 10.8. The normalized spacial score (nSPS) is 15.8. The largest absolute Gasteiger partial charge is 0.508 e. The molecule has 202 valence electrons. The first-order chi connectivity index (χ1) is 18.1. The van der Waals surface area contributed by atoms with Crippen molar-refractivity contribution in [3.05, 3.63) is 53.2 Å². The number of benzene rings is 2. The van der Waals surface area contributed by atoms with Crippen molar-refractivity contribution in [1.82, 2.24) is 15.4 Å². The summed E-state index contributed by atoms with van der Waals surface area (Å²) in [6.45, 7) is 9.52. The molecule has 3 aromatic rings. The molecule has 1 fully saturated rings. The number of hydrogen-bond acceptors (Lipinski definition) is 8. The van der Waals surface area contributed by atoms with Gasteiger partial charge in [0.2, 0.25) is 0 Å². The van der Waals surface area contributed by atoms with E-state index in [1.807, 2.05) is 18.7 Å². The molecule has 0 bridgehead atoms. The molecule has 0 spiro atoms. The second-order valence-corrected chi connectivity index (χ2v) is 9.73. The summed E-state index contributed by atoms with van der Waals surface area (Å²) < 4.78 is 11.0. The molecule has 1 aliphatic heterocycles. The number of carbonyl (C=O) groups is 2. The Labute approximate surface area is 220 Å². The third kappa shape index (κ3) is 4.84. The predicted octanol–water partition coefficient (Wildman–Crippen LogP) is 3.92. The highest BCUT2D eigenvalue weighted by Crippen LogP contribution is 2.43. The topological polar surface area (TPSA) is 145 Å². The summed E-state index contributed by atoms with van der Waals surface area (Å²) in [5.41, 5.74) is 1.10. The quantitative estimate of drug-likeness (QED) is 0.345. The number of aromatic nitrogens is 1. The third-order valence-corrected chi connectivity index (χ3v) is 7.05. The Hall–Kier alpha value is -3.89. The van der Waals surface area contributed by atoms with Crippen LogP contribution in [0.4, 0.5) is 0 Å². The van der Waals surface area contributed by atoms with Gasteiger partial charge in [-0.3, -0.25) is 9.69 Å². The zero-order valence-electron chi connectivity index (χ0n) is 21.9. The van der Waals surface area contributed by atoms with Crippen molar-refractivity contribution in [2.45, 2.75) is 39.2 Å². The van der Waals surface area contributed by atoms with E-state index < -0.39 is 17.4 Å². The molecule has 1 saturated heterocycles. The highest BCUT2D eigenvalue weighted by atomic mass is 16.5. The predicted molar refractivity (Wildman–Crippen MR) is 140 cm³/mol. The minimum Gasteiger partial charge on any atom is -0.508 e. The molecule has 1 amide bonds. The van der Waals surface area contributed by atoms with E-state index in [0.717, 1.165) is 0 Å². The Balaban J connectivity index is 1.85. The van der Waals surface area contributed by atoms with Crippen molar-refractivity contribution in [3.8, 4) is 33.9 Å². The smallest absolute Gasteiger partial charge is 0.328 e. The number of amides is 1. The number of carbonyl (C=O) groups excluding carboxylic acids is 1. The van der Waals surface area contributed by atoms with E-state index in [1.165, 1.54) is 6.07 Å². The highest BCUT2D eigenvalue weighted by Gasteiger charge is 2.42. The van der Waals surface area contributed by atoms with Crippen LogP contribution in [0.2, 0.25) is 0 Å². The number of nitrogens with one attached hydrogen (secondary N) is 1. The first-order valence-corrected chi connectivity index (χ1v) is 12.6. The highest BCUT2D eigenvalue weighted by molar-refractivity contribution is 6.02. The molecular formula is C28H33N3O7. The average Bonchev–Trinajstić information content (AvgIpc) is 3.33. The molecule has 4 N–H and O–H groups in total. The number of carboxylic acids is 1. The van der Waals surface area contributed by atoms with Crippen molar-refractivity contribution >= 4 is 11.9 Å². The molecule has 38 heavy (non-hydrogen) atoms. The molecule has 0 aliphatic carbocycles. The number of rotatable bonds is 8. The first kappa shape index (κ1) is 27.2. The molecule has 2 heterocycles. The summed E-state index contributed by atoms with van der Waals surface area (Å²) in [4.78, 5) is 27.2. The molecule has 10 nitrogen and oxygen atoms in total. The minimum absolute atomic E-state index is 0.0300. The number of phenolic OH excluding ortho intramolecular Hbond substituents is 2. The Morgan fingerprint density at radius 1 is 1.11 bits per heavy atom. The summed E-state index contributed by atoms with van der Waals surface area (Å²) in [7, 11) is 0. The van der Waals surface area contributed by atoms with Crippen molar-refractivity contribution < 1.29 is 34.2 Å². The van der Waals surface area contributed by atoms with Gasteiger partial charge in [0.15, 0.2) is 11.5 Å². The maximum Gasteiger partial charge on any atom is 0.328 e. The number of phenols is 2. The van der Waals surface area contributed by atoms with Gasteiger partial charge < -0.3 is 29.9 Å². The Morgan fingerprint density at radius 2 is 1.76 bits per heavy atom. The van der Waals surface area contributed by atoms with Crippen LogP contribution in [0.15, 0.2) is 40.9 Å². The van der Waals surface area contributed by atoms with Gasteiger partial charge in [0, 0.05) is 25.7 Å². The van der Waals surface area contributed by atoms with E-state index in [4.69, 9.17) is 9.26 Å². The molecule has 0 radical (unpaired) electrons. The summed E-state index contributed by atoms with van der Waals surface area (Å²) in [6, 6.07) is 9.73. The van der Waals surface area contributed by atoms with Crippen molar-refractivity contribution in [1.29, 1.82) is 0 Å². The average molecular weight is 524 g/mol. The number of morpholine rings is 1. The van der Waals surface area contributed by atoms with Gasteiger partial charge in [-0.25, -0.2) is 4.79 Å². The van der Waals surface area contributed by atoms with E-state index in [1.54, 1.807) is 44.2 Å². The van der Waals surface area contributed by atoms with Crippen LogP contribution < -0.4 is 5.32 Å². The lowest BCUT2D eigenvalue weighted by Gasteiger charge is -2.40. The lowest BCUT2D eigenvalue weighted by Crippen LogP contribution is -2.54. The van der Waals surface area contributed by atoms with Crippen LogP contribution in [-0.4, -0.2) is 70.1 Å². The van der Waals surface area contributed by atoms with Crippen LogP contribution in [0.3, 0.4) is 0 Å². The summed E-state index contributed by atoms with van der Waals surface area (Å²) >= 11 is 0. The molecule has 4 rings (SSSR count). The molecular weight excluding hydrogens is 490 g/mol. The molecule has 1 unspecified atom stereocenters. The number of carboxylic acid groups (broad SMARTS) is 1. The molecule has 1 aromatic heterocycles. The third-order valence-electron chi connectivity index (χ3n) is 7.05. The van der Waals surface area contributed by atoms with E-state index in [2.05, 4.69) is 10.5 Å². The monoisotopic (exact) mass is 523 g/mol. The zero-order valence-corrected chi connectivity index (χ0v) is 21.9. The van der Waals surface area contributed by atoms with E-state index in [9.17, 15) is 24.9 Å². The number of ether oxygens (including phenoxy) is 1. The molecule has 1 atom stereocenters. The van der Waals surface area contributed by atoms with Crippen LogP contribution in [-0.2, 0) is 15.1 Å². The summed E-state index contributed by atoms with van der Waals surface area (Å²) in [5, 5.41) is 37.9. The fraction of sp³-hybridized carbons (Fsp3) is 0.393. The fourth-order valence-electron chi connectivity index (χ4n) is 4.79. The number of aliphatic carboxylic acids is 1. The van der Waals surface area contributed by atoms with Crippen molar-refractivity contribution in [2.75, 3.05) is 32.8 Å². The molecule has 0 saturated carbocycles. The van der Waals surface area contributed by atoms with Crippen LogP contribution >= 0.6 is 0 Å². The van der Waals surface area contributed by atoms with E-state index in [0.29, 0.717) is 55.1 Å². The minimum atomic E-state index is -1.27. The molecule has 2 aromatic carbocycles. The van der Waals surface area contributed by atoms with Crippen LogP contribution in [0, 0.1) is 0 Å². The summed E-state index contributed by atoms with van der Waals surface area (Å²) in [5.74, 6) is -1.59. The van der Waals surface area contributed by atoms with Gasteiger partial charge in [0.25, 0.3) is 5.91 Å². The van der Waals surface area contributed by atoms with Gasteiger partial charge >= 0.3 is 5.97 Å². The SMILES string of the molecule is CCNC(=O)c1noc(-c2cc(C(C)C)c(O)cc2O)c1-c1ccc(C(C)(C(=O)O)N2CCOCC2)cc1. The van der Waals surface area contributed by atoms with Crippen LogP contribution in [0.5, 0.6) is 11.5 Å². The Morgan fingerprint density at radius 3 is 2.34 bits per heavy atom.